The highest BCUT2D eigenvalue weighted by molar-refractivity contribution is 5.95. The molecule has 1 aromatic carbocycles. The van der Waals surface area contributed by atoms with Gasteiger partial charge >= 0.3 is 0 Å². The van der Waals surface area contributed by atoms with Crippen molar-refractivity contribution in [1.29, 1.82) is 0 Å². The minimum atomic E-state index is -0.567. The van der Waals surface area contributed by atoms with Gasteiger partial charge in [-0.25, -0.2) is 4.98 Å². The van der Waals surface area contributed by atoms with E-state index in [-0.39, 0.29) is 17.4 Å². The molecule has 0 aliphatic rings. The first-order valence-corrected chi connectivity index (χ1v) is 4.82. The van der Waals surface area contributed by atoms with Gasteiger partial charge < -0.3 is 16.2 Å². The predicted octanol–water partition coefficient (Wildman–Crippen LogP) is 0.950. The first kappa shape index (κ1) is 10.9. The fourth-order valence-electron chi connectivity index (χ4n) is 1.29. The number of rotatable bonds is 3. The molecule has 0 fully saturated rings. The summed E-state index contributed by atoms with van der Waals surface area (Å²) in [6, 6.07) is 8.16. The Bertz CT molecular complexity index is 557. The predicted molar refractivity (Wildman–Crippen MR) is 61.5 cm³/mol. The van der Waals surface area contributed by atoms with Gasteiger partial charge in [0.15, 0.2) is 0 Å². The van der Waals surface area contributed by atoms with Crippen LogP contribution in [0.1, 0.15) is 10.4 Å². The first-order chi connectivity index (χ1) is 8.16. The van der Waals surface area contributed by atoms with Crippen LogP contribution in [0.25, 0.3) is 0 Å². The van der Waals surface area contributed by atoms with E-state index < -0.39 is 5.91 Å². The highest BCUT2D eigenvalue weighted by atomic mass is 16.5. The molecule has 0 unspecified atom stereocenters. The third-order valence-corrected chi connectivity index (χ3v) is 2.02. The van der Waals surface area contributed by atoms with E-state index in [1.54, 1.807) is 24.3 Å². The second-order valence-electron chi connectivity index (χ2n) is 3.22. The van der Waals surface area contributed by atoms with Gasteiger partial charge in [-0.05, 0) is 12.1 Å². The molecule has 0 saturated heterocycles. The number of primary amides is 1. The van der Waals surface area contributed by atoms with Gasteiger partial charge in [-0.1, -0.05) is 12.1 Å². The molecular formula is C11H10N4O2. The summed E-state index contributed by atoms with van der Waals surface area (Å²) in [7, 11) is 0. The zero-order valence-corrected chi connectivity index (χ0v) is 8.83. The average molecular weight is 230 g/mol. The van der Waals surface area contributed by atoms with Crippen LogP contribution in [0.2, 0.25) is 0 Å². The highest BCUT2D eigenvalue weighted by Gasteiger charge is 2.09. The number of anilines is 1. The monoisotopic (exact) mass is 230 g/mol. The van der Waals surface area contributed by atoms with E-state index in [2.05, 4.69) is 9.97 Å². The molecule has 0 spiro atoms. The van der Waals surface area contributed by atoms with Crippen LogP contribution in [0.3, 0.4) is 0 Å². The van der Waals surface area contributed by atoms with Crippen LogP contribution in [0, 0.1) is 0 Å². The summed E-state index contributed by atoms with van der Waals surface area (Å²) >= 11 is 0. The van der Waals surface area contributed by atoms with Crippen LogP contribution in [0.4, 0.5) is 5.95 Å². The Morgan fingerprint density at radius 3 is 2.71 bits per heavy atom. The highest BCUT2D eigenvalue weighted by Crippen LogP contribution is 2.23. The Balaban J connectivity index is 2.33. The van der Waals surface area contributed by atoms with E-state index in [1.807, 2.05) is 0 Å². The minimum Gasteiger partial charge on any atom is -0.438 e. The molecule has 1 heterocycles. The maximum atomic E-state index is 11.2. The molecule has 6 heteroatoms. The van der Waals surface area contributed by atoms with E-state index in [4.69, 9.17) is 16.2 Å². The number of hydrogen-bond donors (Lipinski definition) is 2. The molecule has 1 amide bonds. The number of amides is 1. The number of nitrogens with zero attached hydrogens (tertiary/aromatic N) is 2. The Hall–Kier alpha value is -2.63. The van der Waals surface area contributed by atoms with Crippen LogP contribution < -0.4 is 16.2 Å². The lowest BCUT2D eigenvalue weighted by Gasteiger charge is -2.07. The maximum absolute atomic E-state index is 11.2. The minimum absolute atomic E-state index is 0.0963. The molecule has 2 aromatic rings. The number of carbonyl (C=O) groups excluding carboxylic acids is 1. The van der Waals surface area contributed by atoms with Crippen LogP contribution in [0.5, 0.6) is 11.6 Å². The molecule has 0 aliphatic heterocycles. The van der Waals surface area contributed by atoms with Gasteiger partial charge in [-0.2, -0.15) is 4.98 Å². The van der Waals surface area contributed by atoms with E-state index in [0.29, 0.717) is 5.75 Å². The van der Waals surface area contributed by atoms with Crippen molar-refractivity contribution in [2.75, 3.05) is 5.73 Å². The van der Waals surface area contributed by atoms with Crippen molar-refractivity contribution in [2.24, 2.45) is 5.73 Å². The van der Waals surface area contributed by atoms with Crippen molar-refractivity contribution in [3.63, 3.8) is 0 Å². The molecule has 2 rings (SSSR count). The molecule has 0 bridgehead atoms. The van der Waals surface area contributed by atoms with Gasteiger partial charge in [0.05, 0.1) is 5.56 Å². The Labute approximate surface area is 97.2 Å². The molecule has 86 valence electrons. The average Bonchev–Trinajstić information content (AvgIpc) is 2.29. The molecule has 4 N–H and O–H groups in total. The van der Waals surface area contributed by atoms with Crippen LogP contribution in [0.15, 0.2) is 36.5 Å². The van der Waals surface area contributed by atoms with Gasteiger partial charge in [-0.3, -0.25) is 4.79 Å². The van der Waals surface area contributed by atoms with Crippen molar-refractivity contribution < 1.29 is 9.53 Å². The van der Waals surface area contributed by atoms with Crippen LogP contribution in [-0.2, 0) is 0 Å². The summed E-state index contributed by atoms with van der Waals surface area (Å²) < 4.78 is 5.42. The topological polar surface area (TPSA) is 104 Å². The second-order valence-corrected chi connectivity index (χ2v) is 3.22. The van der Waals surface area contributed by atoms with E-state index in [9.17, 15) is 4.79 Å². The van der Waals surface area contributed by atoms with E-state index >= 15 is 0 Å². The van der Waals surface area contributed by atoms with Crippen LogP contribution in [-0.4, -0.2) is 15.9 Å². The zero-order chi connectivity index (χ0) is 12.3. The molecular weight excluding hydrogens is 220 g/mol. The Morgan fingerprint density at radius 1 is 1.24 bits per heavy atom. The van der Waals surface area contributed by atoms with Crippen molar-refractivity contribution in [1.82, 2.24) is 9.97 Å². The molecule has 0 saturated carbocycles. The number of carbonyl (C=O) groups is 1. The summed E-state index contributed by atoms with van der Waals surface area (Å²) in [5.74, 6) is 0.117. The molecule has 17 heavy (non-hydrogen) atoms. The lowest BCUT2D eigenvalue weighted by molar-refractivity contribution is 0.0998. The number of nitrogens with two attached hydrogens (primary N) is 2. The Morgan fingerprint density at radius 2 is 2.00 bits per heavy atom. The number of benzene rings is 1. The summed E-state index contributed by atoms with van der Waals surface area (Å²) in [5, 5.41) is 0. The third-order valence-electron chi connectivity index (χ3n) is 2.02. The van der Waals surface area contributed by atoms with Crippen LogP contribution >= 0.6 is 0 Å². The summed E-state index contributed by atoms with van der Waals surface area (Å²) in [5.41, 5.74) is 10.9. The Kier molecular flexibility index (Phi) is 2.87. The summed E-state index contributed by atoms with van der Waals surface area (Å²) in [4.78, 5) is 18.8. The molecule has 0 atom stereocenters. The number of hydrogen-bond acceptors (Lipinski definition) is 5. The lowest BCUT2D eigenvalue weighted by atomic mass is 10.2. The summed E-state index contributed by atoms with van der Waals surface area (Å²) in [6.07, 6.45) is 1.46. The number of ether oxygens (including phenoxy) is 1. The number of nitrogen functional groups attached to an aromatic ring is 1. The van der Waals surface area contributed by atoms with Crippen molar-refractivity contribution >= 4 is 11.9 Å². The van der Waals surface area contributed by atoms with E-state index in [1.165, 1.54) is 12.3 Å². The lowest BCUT2D eigenvalue weighted by Crippen LogP contribution is -2.12. The smallest absolute Gasteiger partial charge is 0.252 e. The fraction of sp³-hybridized carbons (Fsp3) is 0. The fourth-order valence-corrected chi connectivity index (χ4v) is 1.29. The maximum Gasteiger partial charge on any atom is 0.252 e. The van der Waals surface area contributed by atoms with E-state index in [0.717, 1.165) is 0 Å². The second kappa shape index (κ2) is 4.48. The molecule has 1 aromatic heterocycles. The molecule has 0 radical (unpaired) electrons. The van der Waals surface area contributed by atoms with Gasteiger partial charge in [0.25, 0.3) is 5.91 Å². The number of para-hydroxylation sites is 1. The third kappa shape index (κ3) is 2.49. The zero-order valence-electron chi connectivity index (χ0n) is 8.83. The standard InChI is InChI=1S/C11H10N4O2/c12-10(16)7-3-1-2-4-8(7)17-9-5-6-14-11(13)15-9/h1-6H,(H2,12,16)(H2,13,14,15). The number of aromatic nitrogens is 2. The molecule has 6 nitrogen and oxygen atoms in total. The van der Waals surface area contributed by atoms with Gasteiger partial charge in [0, 0.05) is 12.3 Å². The largest absolute Gasteiger partial charge is 0.438 e. The van der Waals surface area contributed by atoms with Crippen molar-refractivity contribution in [2.45, 2.75) is 0 Å². The van der Waals surface area contributed by atoms with Crippen molar-refractivity contribution in [3.05, 3.63) is 42.1 Å². The van der Waals surface area contributed by atoms with Crippen molar-refractivity contribution in [3.8, 4) is 11.6 Å². The normalized spacial score (nSPS) is 9.88. The van der Waals surface area contributed by atoms with Gasteiger partial charge in [0.1, 0.15) is 5.75 Å². The first-order valence-electron chi connectivity index (χ1n) is 4.82. The summed E-state index contributed by atoms with van der Waals surface area (Å²) in [6.45, 7) is 0. The molecule has 0 aliphatic carbocycles. The quantitative estimate of drug-likeness (QED) is 0.816. The van der Waals surface area contributed by atoms with Gasteiger partial charge in [-0.15, -0.1) is 0 Å². The van der Waals surface area contributed by atoms with Gasteiger partial charge in [0.2, 0.25) is 11.8 Å². The SMILES string of the molecule is NC(=O)c1ccccc1Oc1ccnc(N)n1.